The molecule has 1 aromatic rings. The van der Waals surface area contributed by atoms with Gasteiger partial charge in [0.25, 0.3) is 0 Å². The molecule has 1 heterocycles. The van der Waals surface area contributed by atoms with Crippen molar-refractivity contribution in [2.24, 2.45) is 21.2 Å². The van der Waals surface area contributed by atoms with Gasteiger partial charge < -0.3 is 104 Å². The lowest BCUT2D eigenvalue weighted by Gasteiger charge is -2.29. The quantitative estimate of drug-likeness (QED) is 0.0153. The molecule has 6 amide bonds. The molecule has 0 aliphatic heterocycles. The molecule has 6 atom stereocenters. The monoisotopic (exact) mass is 1730 g/mol. The number of aliphatic hydroxyl groups excluding tert-OH is 3. The summed E-state index contributed by atoms with van der Waals surface area (Å²) in [5.74, 6) is -1.96. The number of amides is 6. The summed E-state index contributed by atoms with van der Waals surface area (Å²) in [5.41, 5.74) is -2.71. The van der Waals surface area contributed by atoms with Crippen LogP contribution in [0.15, 0.2) is 19.0 Å². The fourth-order valence-corrected chi connectivity index (χ4v) is 19.5. The summed E-state index contributed by atoms with van der Waals surface area (Å²) in [5, 5.41) is 42.5. The van der Waals surface area contributed by atoms with Gasteiger partial charge in [-0.15, -0.1) is 0 Å². The molecule has 0 spiro atoms. The van der Waals surface area contributed by atoms with Gasteiger partial charge in [0.1, 0.15) is 38.1 Å². The number of esters is 3. The molecule has 1 aromatic heterocycles. The van der Waals surface area contributed by atoms with Crippen LogP contribution in [0.3, 0.4) is 0 Å². The fraction of sp³-hybridized carbons (Fsp3) is 0.889. The number of unbranched alkanes of at least 4 members (excludes halogenated alkanes) is 12. The second kappa shape index (κ2) is 62.0. The largest absolute Gasteiger partial charge is 0.500 e. The third-order valence-electron chi connectivity index (χ3n) is 21.9. The van der Waals surface area contributed by atoms with Crippen molar-refractivity contribution in [1.29, 1.82) is 0 Å². The number of aliphatic hydroxyl groups is 3. The average Bonchev–Trinajstić information content (AvgIpc) is 0.804. The van der Waals surface area contributed by atoms with E-state index < -0.39 is 90.5 Å². The van der Waals surface area contributed by atoms with Crippen molar-refractivity contribution in [3.63, 3.8) is 0 Å². The average molecular weight is 1730 g/mol. The summed E-state index contributed by atoms with van der Waals surface area (Å²) in [6, 6.07) is -0.0229. The highest BCUT2D eigenvalue weighted by Crippen LogP contribution is 2.34. The lowest BCUT2D eigenvalue weighted by Crippen LogP contribution is -2.47. The molecule has 0 radical (unpaired) electrons. The van der Waals surface area contributed by atoms with E-state index in [1.165, 1.54) is 83.3 Å². The summed E-state index contributed by atoms with van der Waals surface area (Å²) in [7, 11) is 4.68. The summed E-state index contributed by atoms with van der Waals surface area (Å²) in [6.45, 7) is 18.9. The molecule has 0 saturated carbocycles. The fourth-order valence-electron chi connectivity index (χ4n) is 14.4. The van der Waals surface area contributed by atoms with E-state index in [0.29, 0.717) is 166 Å². The third-order valence-corrected chi connectivity index (χ3v) is 30.4. The number of hydrogen-bond acceptors (Lipinski definition) is 25. The van der Waals surface area contributed by atoms with Crippen LogP contribution >= 0.6 is 0 Å². The van der Waals surface area contributed by atoms with Crippen LogP contribution in [0, 0.1) is 16.2 Å². The Morgan fingerprint density at radius 2 is 0.675 bits per heavy atom. The standard InChI is InChI=1S/C81H159N9O24Si3/c1-19-25-46-79(7,43-22-4)70(94)111-64-67(91)61-86(53-40-58-115(102-10,103-11)104-12)73(97)82-49-34-28-29-37-52-85-76-89(56-38-32-30-35-50-83-74(98)87(54-41-59-116(105-13,106-14)107-15)62-68(92)65-112-71(95)80(8,44-23-5)47-26-20-2)77(100)90(78(101)114-76)57-39-33-31-36-51-84-75(99)88(55-42-60-117(108-16,109-17)110-18)63-69(93)66-113-72(96)81(9,45-24-6)48-27-21-3/h67-69,91-93H,19-66H2,1-18H3,(H,82,97)(H,83,98)(H,84,99). The SMILES string of the molecule is CCCCC(C)(CCC)C(=O)OCC(O)CN(CCC[Si](OC)(OC)OC)C(=O)NCCCCCCN=c1oc(=O)n(CCCCCCNC(=O)N(CCC[Si](OC)(OC)OC)CC(O)COC(=O)C(C)(CCC)CCCC)c(=O)n1CCCCCCNC(=O)N(CCC[Si](OC)(OC)OC)CC(O)COC(=O)C(C)(CCC)CCCC. The Morgan fingerprint density at radius 1 is 0.393 bits per heavy atom. The highest BCUT2D eigenvalue weighted by molar-refractivity contribution is 6.61. The molecule has 0 fully saturated rings. The Kier molecular flexibility index (Phi) is 58.2. The van der Waals surface area contributed by atoms with Gasteiger partial charge in [-0.2, -0.15) is 0 Å². The van der Waals surface area contributed by atoms with Crippen LogP contribution < -0.4 is 33.1 Å². The van der Waals surface area contributed by atoms with Crippen LogP contribution in [0.1, 0.15) is 255 Å². The van der Waals surface area contributed by atoms with Gasteiger partial charge in [-0.1, -0.05) is 138 Å². The molecule has 6 unspecified atom stereocenters. The van der Waals surface area contributed by atoms with Gasteiger partial charge >= 0.3 is 79.5 Å². The minimum Gasteiger partial charge on any atom is -0.462 e. The number of nitrogens with zero attached hydrogens (tertiary/aromatic N) is 6. The summed E-state index contributed by atoms with van der Waals surface area (Å²) in [4.78, 5) is 119. The number of carbonyl (C=O) groups excluding carboxylic acids is 6. The van der Waals surface area contributed by atoms with Crippen molar-refractivity contribution < 1.29 is 103 Å². The van der Waals surface area contributed by atoms with Crippen molar-refractivity contribution in [2.75, 3.05) is 149 Å². The van der Waals surface area contributed by atoms with E-state index in [4.69, 9.17) is 58.5 Å². The van der Waals surface area contributed by atoms with E-state index in [-0.39, 0.29) is 109 Å². The van der Waals surface area contributed by atoms with Crippen LogP contribution in [0.5, 0.6) is 0 Å². The first-order valence-corrected chi connectivity index (χ1v) is 49.2. The van der Waals surface area contributed by atoms with Crippen molar-refractivity contribution in [2.45, 2.75) is 304 Å². The maximum absolute atomic E-state index is 14.5. The number of rotatable bonds is 72. The predicted octanol–water partition coefficient (Wildman–Crippen LogP) is 10.7. The molecule has 684 valence electrons. The van der Waals surface area contributed by atoms with E-state index in [1.807, 2.05) is 41.5 Å². The Morgan fingerprint density at radius 3 is 0.957 bits per heavy atom. The maximum Gasteiger partial charge on any atom is 0.500 e. The zero-order valence-electron chi connectivity index (χ0n) is 75.3. The molecule has 117 heavy (non-hydrogen) atoms. The van der Waals surface area contributed by atoms with Crippen LogP contribution in [-0.2, 0) is 81.5 Å². The molecule has 0 saturated heterocycles. The normalized spacial score (nSPS) is 14.5. The molecule has 36 heteroatoms. The minimum atomic E-state index is -3.00. The Bertz CT molecular complexity index is 3050. The molecular weight excluding hydrogens is 1570 g/mol. The van der Waals surface area contributed by atoms with E-state index in [9.17, 15) is 53.7 Å². The van der Waals surface area contributed by atoms with E-state index >= 15 is 0 Å². The Labute approximate surface area is 703 Å². The lowest BCUT2D eigenvalue weighted by molar-refractivity contribution is -0.160. The molecule has 0 aromatic carbocycles. The number of hydrogen-bond donors (Lipinski definition) is 6. The topological polar surface area (TPSA) is 389 Å². The van der Waals surface area contributed by atoms with Crippen molar-refractivity contribution >= 4 is 62.4 Å². The second-order valence-electron chi connectivity index (χ2n) is 31.6. The molecule has 1 rings (SSSR count). The van der Waals surface area contributed by atoms with Gasteiger partial charge in [0.2, 0.25) is 0 Å². The first kappa shape index (κ1) is 110. The van der Waals surface area contributed by atoms with Gasteiger partial charge in [0, 0.05) is 141 Å². The van der Waals surface area contributed by atoms with Gasteiger partial charge in [0.15, 0.2) is 0 Å². The van der Waals surface area contributed by atoms with Crippen LogP contribution in [0.4, 0.5) is 14.4 Å². The Hall–Kier alpha value is -5.20. The first-order valence-electron chi connectivity index (χ1n) is 43.4. The van der Waals surface area contributed by atoms with Gasteiger partial charge in [0.05, 0.1) is 35.9 Å². The number of nitrogens with one attached hydrogen (secondary N) is 3. The van der Waals surface area contributed by atoms with Crippen LogP contribution in [0.2, 0.25) is 18.1 Å². The van der Waals surface area contributed by atoms with Crippen LogP contribution in [0.25, 0.3) is 0 Å². The summed E-state index contributed by atoms with van der Waals surface area (Å²) >= 11 is 0. The Balaban J connectivity index is 3.40. The highest BCUT2D eigenvalue weighted by Gasteiger charge is 2.42. The number of urea groups is 3. The molecule has 0 aliphatic carbocycles. The number of carbonyl (C=O) groups is 6. The first-order chi connectivity index (χ1) is 55.9. The third kappa shape index (κ3) is 41.5. The molecule has 0 aliphatic rings. The number of aromatic nitrogens is 2. The maximum atomic E-state index is 14.5. The molecule has 33 nitrogen and oxygen atoms in total. The smallest absolute Gasteiger partial charge is 0.462 e. The van der Waals surface area contributed by atoms with Gasteiger partial charge in [-0.05, 0) is 117 Å². The number of ether oxygens (including phenoxy) is 3. The zero-order chi connectivity index (χ0) is 87.8. The second-order valence-corrected chi connectivity index (χ2v) is 40.9. The molecule has 6 N–H and O–H groups in total. The van der Waals surface area contributed by atoms with Crippen molar-refractivity contribution in [3.05, 3.63) is 26.7 Å². The van der Waals surface area contributed by atoms with Crippen molar-refractivity contribution in [1.82, 2.24) is 39.8 Å². The predicted molar refractivity (Wildman–Crippen MR) is 455 cm³/mol. The van der Waals surface area contributed by atoms with Crippen LogP contribution in [-0.4, -0.2) is 269 Å². The summed E-state index contributed by atoms with van der Waals surface area (Å²) < 4.78 is 75.8. The highest BCUT2D eigenvalue weighted by atomic mass is 28.4. The zero-order valence-corrected chi connectivity index (χ0v) is 78.3. The lowest BCUT2D eigenvalue weighted by atomic mass is 9.81. The minimum absolute atomic E-state index is 0.0552. The molecule has 0 bridgehead atoms. The van der Waals surface area contributed by atoms with Gasteiger partial charge in [-0.25, -0.2) is 38.1 Å². The van der Waals surface area contributed by atoms with Crippen molar-refractivity contribution in [3.8, 4) is 0 Å². The van der Waals surface area contributed by atoms with E-state index in [0.717, 1.165) is 62.4 Å². The molecular formula is C81H159N9O24Si3. The summed E-state index contributed by atoms with van der Waals surface area (Å²) in [6.07, 6.45) is 16.8. The van der Waals surface area contributed by atoms with E-state index in [1.54, 1.807) is 0 Å². The van der Waals surface area contributed by atoms with E-state index in [2.05, 4.69) is 41.7 Å². The van der Waals surface area contributed by atoms with Gasteiger partial charge in [-0.3, -0.25) is 14.4 Å².